The molecule has 4 nitrogen and oxygen atoms in total. The number of aromatic nitrogens is 2. The van der Waals surface area contributed by atoms with Gasteiger partial charge in [0.2, 0.25) is 5.91 Å². The fourth-order valence-electron chi connectivity index (χ4n) is 2.97. The highest BCUT2D eigenvalue weighted by Crippen LogP contribution is 2.32. The maximum Gasteiger partial charge on any atom is 0.225 e. The minimum Gasteiger partial charge on any atom is -0.349 e. The Labute approximate surface area is 139 Å². The molecule has 0 spiro atoms. The second-order valence-corrected chi connectivity index (χ2v) is 7.25. The topological polar surface area (TPSA) is 46.9 Å². The highest BCUT2D eigenvalue weighted by atomic mass is 19.1. The summed E-state index contributed by atoms with van der Waals surface area (Å²) in [4.78, 5) is 12.3. The molecular formula is C18H21F2N3O. The first kappa shape index (κ1) is 16.6. The maximum atomic E-state index is 13.5. The lowest BCUT2D eigenvalue weighted by molar-refractivity contribution is -0.129. The number of hydrogen-bond donors (Lipinski definition) is 1. The molecule has 1 aromatic carbocycles. The third kappa shape index (κ3) is 3.18. The van der Waals surface area contributed by atoms with Gasteiger partial charge in [-0.2, -0.15) is 5.10 Å². The summed E-state index contributed by atoms with van der Waals surface area (Å²) in [6, 6.07) is 3.24. The van der Waals surface area contributed by atoms with Gasteiger partial charge in [0, 0.05) is 22.7 Å². The normalized spacial score (nSPS) is 17.5. The molecule has 1 aliphatic rings. The standard InChI is InChI=1S/C18H21F2N3O/c1-18(2,3)17(24)22-15-5-4-6-16-14(15)10-21-23(16)13-8-11(19)7-12(20)9-13/h7-10,15H,4-6H2,1-3H3,(H,22,24). The fraction of sp³-hybridized carbons (Fsp3) is 0.444. The highest BCUT2D eigenvalue weighted by molar-refractivity contribution is 5.81. The molecule has 1 aliphatic carbocycles. The van der Waals surface area contributed by atoms with Crippen molar-refractivity contribution in [2.24, 2.45) is 5.41 Å². The zero-order chi connectivity index (χ0) is 17.5. The lowest BCUT2D eigenvalue weighted by atomic mass is 9.90. The van der Waals surface area contributed by atoms with E-state index in [-0.39, 0.29) is 11.9 Å². The van der Waals surface area contributed by atoms with Crippen LogP contribution >= 0.6 is 0 Å². The molecule has 2 aromatic rings. The zero-order valence-electron chi connectivity index (χ0n) is 14.1. The molecule has 1 atom stereocenters. The zero-order valence-corrected chi connectivity index (χ0v) is 14.1. The van der Waals surface area contributed by atoms with Gasteiger partial charge >= 0.3 is 0 Å². The third-order valence-corrected chi connectivity index (χ3v) is 4.26. The summed E-state index contributed by atoms with van der Waals surface area (Å²) >= 11 is 0. The van der Waals surface area contributed by atoms with Crippen molar-refractivity contribution >= 4 is 5.91 Å². The van der Waals surface area contributed by atoms with E-state index in [1.54, 1.807) is 10.9 Å². The van der Waals surface area contributed by atoms with Crippen LogP contribution < -0.4 is 5.32 Å². The molecule has 128 valence electrons. The van der Waals surface area contributed by atoms with E-state index in [1.807, 2.05) is 20.8 Å². The number of amides is 1. The number of hydrogen-bond acceptors (Lipinski definition) is 2. The Kier molecular flexibility index (Phi) is 4.15. The maximum absolute atomic E-state index is 13.5. The van der Waals surface area contributed by atoms with E-state index in [1.165, 1.54) is 12.1 Å². The van der Waals surface area contributed by atoms with Gasteiger partial charge in [-0.3, -0.25) is 4.79 Å². The van der Waals surface area contributed by atoms with Gasteiger partial charge in [0.1, 0.15) is 11.6 Å². The molecule has 0 aliphatic heterocycles. The quantitative estimate of drug-likeness (QED) is 0.911. The molecule has 6 heteroatoms. The first-order valence-corrected chi connectivity index (χ1v) is 8.10. The van der Waals surface area contributed by atoms with E-state index in [4.69, 9.17) is 0 Å². The van der Waals surface area contributed by atoms with Crippen molar-refractivity contribution in [1.82, 2.24) is 15.1 Å². The van der Waals surface area contributed by atoms with Gasteiger partial charge in [0.25, 0.3) is 0 Å². The average Bonchev–Trinajstić information content (AvgIpc) is 2.90. The number of rotatable bonds is 2. The molecule has 0 saturated heterocycles. The SMILES string of the molecule is CC(C)(C)C(=O)NC1CCCc2c1cnn2-c1cc(F)cc(F)c1. The van der Waals surface area contributed by atoms with Crippen LogP contribution in [0.3, 0.4) is 0 Å². The van der Waals surface area contributed by atoms with Gasteiger partial charge < -0.3 is 5.32 Å². The summed E-state index contributed by atoms with van der Waals surface area (Å²) in [6.45, 7) is 5.60. The number of carbonyl (C=O) groups is 1. The monoisotopic (exact) mass is 333 g/mol. The van der Waals surface area contributed by atoms with Crippen LogP contribution in [-0.4, -0.2) is 15.7 Å². The van der Waals surface area contributed by atoms with Crippen LogP contribution in [0.25, 0.3) is 5.69 Å². The van der Waals surface area contributed by atoms with Gasteiger partial charge in [0.15, 0.2) is 0 Å². The number of nitrogens with zero attached hydrogens (tertiary/aromatic N) is 2. The second-order valence-electron chi connectivity index (χ2n) is 7.25. The van der Waals surface area contributed by atoms with E-state index in [0.29, 0.717) is 5.69 Å². The summed E-state index contributed by atoms with van der Waals surface area (Å²) < 4.78 is 28.6. The van der Waals surface area contributed by atoms with Gasteiger partial charge in [-0.15, -0.1) is 0 Å². The van der Waals surface area contributed by atoms with Crippen LogP contribution in [0.4, 0.5) is 8.78 Å². The summed E-state index contributed by atoms with van der Waals surface area (Å²) in [5.41, 5.74) is 1.70. The van der Waals surface area contributed by atoms with Crippen molar-refractivity contribution < 1.29 is 13.6 Å². The van der Waals surface area contributed by atoms with Gasteiger partial charge in [-0.25, -0.2) is 13.5 Å². The van der Waals surface area contributed by atoms with E-state index in [0.717, 1.165) is 36.6 Å². The molecule has 1 unspecified atom stereocenters. The highest BCUT2D eigenvalue weighted by Gasteiger charge is 2.29. The molecule has 1 N–H and O–H groups in total. The summed E-state index contributed by atoms with van der Waals surface area (Å²) in [6.07, 6.45) is 4.16. The van der Waals surface area contributed by atoms with Crippen molar-refractivity contribution in [2.75, 3.05) is 0 Å². The van der Waals surface area contributed by atoms with Crippen molar-refractivity contribution in [3.8, 4) is 5.69 Å². The Morgan fingerprint density at radius 3 is 2.54 bits per heavy atom. The van der Waals surface area contributed by atoms with Gasteiger partial charge in [0.05, 0.1) is 17.9 Å². The third-order valence-electron chi connectivity index (χ3n) is 4.26. The minimum atomic E-state index is -0.636. The second kappa shape index (κ2) is 6.00. The van der Waals surface area contributed by atoms with Crippen molar-refractivity contribution in [2.45, 2.75) is 46.1 Å². The molecule has 24 heavy (non-hydrogen) atoms. The van der Waals surface area contributed by atoms with Crippen LogP contribution in [0.1, 0.15) is 50.9 Å². The van der Waals surface area contributed by atoms with Gasteiger partial charge in [-0.05, 0) is 31.4 Å². The number of benzene rings is 1. The summed E-state index contributed by atoms with van der Waals surface area (Å²) in [5, 5.41) is 7.36. The molecule has 0 saturated carbocycles. The lowest BCUT2D eigenvalue weighted by Gasteiger charge is -2.27. The molecule has 3 rings (SSSR count). The van der Waals surface area contributed by atoms with Gasteiger partial charge in [-0.1, -0.05) is 20.8 Å². The molecule has 1 aromatic heterocycles. The van der Waals surface area contributed by atoms with Crippen LogP contribution in [0.2, 0.25) is 0 Å². The molecule has 0 fully saturated rings. The number of nitrogens with one attached hydrogen (secondary N) is 1. The van der Waals surface area contributed by atoms with E-state index < -0.39 is 17.0 Å². The fourth-order valence-corrected chi connectivity index (χ4v) is 2.97. The predicted molar refractivity (Wildman–Crippen MR) is 86.8 cm³/mol. The smallest absolute Gasteiger partial charge is 0.225 e. The van der Waals surface area contributed by atoms with Crippen LogP contribution in [-0.2, 0) is 11.2 Å². The van der Waals surface area contributed by atoms with Crippen molar-refractivity contribution in [3.05, 3.63) is 47.3 Å². The van der Waals surface area contributed by atoms with Crippen molar-refractivity contribution in [1.29, 1.82) is 0 Å². The Morgan fingerprint density at radius 2 is 1.92 bits per heavy atom. The Hall–Kier alpha value is -2.24. The van der Waals surface area contributed by atoms with Crippen LogP contribution in [0, 0.1) is 17.0 Å². The Bertz CT molecular complexity index is 757. The Morgan fingerprint density at radius 1 is 1.25 bits per heavy atom. The summed E-state index contributed by atoms with van der Waals surface area (Å²) in [7, 11) is 0. The number of carbonyl (C=O) groups excluding carboxylic acids is 1. The van der Waals surface area contributed by atoms with Crippen molar-refractivity contribution in [3.63, 3.8) is 0 Å². The number of halogens is 2. The average molecular weight is 333 g/mol. The summed E-state index contributed by atoms with van der Waals surface area (Å²) in [5.74, 6) is -1.30. The van der Waals surface area contributed by atoms with E-state index in [9.17, 15) is 13.6 Å². The molecule has 1 heterocycles. The van der Waals surface area contributed by atoms with Crippen LogP contribution in [0.15, 0.2) is 24.4 Å². The molecule has 1 amide bonds. The van der Waals surface area contributed by atoms with E-state index >= 15 is 0 Å². The lowest BCUT2D eigenvalue weighted by Crippen LogP contribution is -2.38. The Balaban J connectivity index is 1.94. The number of fused-ring (bicyclic) bond motifs is 1. The predicted octanol–water partition coefficient (Wildman–Crippen LogP) is 3.69. The first-order chi connectivity index (χ1) is 11.3. The van der Waals surface area contributed by atoms with E-state index in [2.05, 4.69) is 10.4 Å². The van der Waals surface area contributed by atoms with Crippen LogP contribution in [0.5, 0.6) is 0 Å². The first-order valence-electron chi connectivity index (χ1n) is 8.10. The minimum absolute atomic E-state index is 0.0232. The molecule has 0 radical (unpaired) electrons. The largest absolute Gasteiger partial charge is 0.349 e. The molecule has 0 bridgehead atoms. The molecular weight excluding hydrogens is 312 g/mol.